The Bertz CT molecular complexity index is 744. The maximum atomic E-state index is 6.07. The van der Waals surface area contributed by atoms with Crippen LogP contribution in [0.2, 0.25) is 0 Å². The summed E-state index contributed by atoms with van der Waals surface area (Å²) in [5, 5.41) is 2.30. The van der Waals surface area contributed by atoms with Crippen molar-refractivity contribution in [2.24, 2.45) is 5.73 Å². The standard InChI is InChI=1S/C19H19NO/c1-14(20)12-15-6-4-9-17(13-15)21-19-11-5-8-16-7-2-3-10-18(16)19/h2-11,13-14H,12,20H2,1H3. The number of rotatable bonds is 4. The van der Waals surface area contributed by atoms with Gasteiger partial charge in [0.15, 0.2) is 0 Å². The molecule has 0 aliphatic heterocycles. The van der Waals surface area contributed by atoms with Gasteiger partial charge in [0.25, 0.3) is 0 Å². The van der Waals surface area contributed by atoms with Crippen LogP contribution in [0.5, 0.6) is 11.5 Å². The average molecular weight is 277 g/mol. The van der Waals surface area contributed by atoms with Crippen molar-refractivity contribution in [2.45, 2.75) is 19.4 Å². The van der Waals surface area contributed by atoms with E-state index in [1.54, 1.807) is 0 Å². The third-order valence-electron chi connectivity index (χ3n) is 3.43. The molecule has 0 radical (unpaired) electrons. The zero-order chi connectivity index (χ0) is 14.7. The lowest BCUT2D eigenvalue weighted by molar-refractivity contribution is 0.487. The summed E-state index contributed by atoms with van der Waals surface area (Å²) in [5.74, 6) is 1.73. The number of fused-ring (bicyclic) bond motifs is 1. The van der Waals surface area contributed by atoms with Gasteiger partial charge in [-0.15, -0.1) is 0 Å². The summed E-state index contributed by atoms with van der Waals surface area (Å²) in [6, 6.07) is 22.6. The summed E-state index contributed by atoms with van der Waals surface area (Å²) in [6.07, 6.45) is 0.854. The van der Waals surface area contributed by atoms with Crippen molar-refractivity contribution in [3.05, 3.63) is 72.3 Å². The molecule has 0 heterocycles. The topological polar surface area (TPSA) is 35.2 Å². The molecule has 1 unspecified atom stereocenters. The Balaban J connectivity index is 1.92. The highest BCUT2D eigenvalue weighted by Gasteiger charge is 2.04. The van der Waals surface area contributed by atoms with Gasteiger partial charge < -0.3 is 10.5 Å². The van der Waals surface area contributed by atoms with Gasteiger partial charge in [-0.25, -0.2) is 0 Å². The third-order valence-corrected chi connectivity index (χ3v) is 3.43. The predicted octanol–water partition coefficient (Wildman–Crippen LogP) is 4.52. The molecule has 0 fully saturated rings. The highest BCUT2D eigenvalue weighted by atomic mass is 16.5. The average Bonchev–Trinajstić information content (AvgIpc) is 2.47. The van der Waals surface area contributed by atoms with E-state index in [9.17, 15) is 0 Å². The summed E-state index contributed by atoms with van der Waals surface area (Å²) >= 11 is 0. The third kappa shape index (κ3) is 3.23. The second-order valence-electron chi connectivity index (χ2n) is 5.41. The van der Waals surface area contributed by atoms with Crippen molar-refractivity contribution in [1.29, 1.82) is 0 Å². The maximum absolute atomic E-state index is 6.07. The predicted molar refractivity (Wildman–Crippen MR) is 87.8 cm³/mol. The first-order valence-electron chi connectivity index (χ1n) is 7.22. The SMILES string of the molecule is CC(N)Cc1cccc(Oc2cccc3ccccc23)c1. The molecule has 3 aromatic carbocycles. The molecule has 1 atom stereocenters. The smallest absolute Gasteiger partial charge is 0.135 e. The normalized spacial score (nSPS) is 12.3. The van der Waals surface area contributed by atoms with E-state index in [0.717, 1.165) is 23.3 Å². The molecule has 2 heteroatoms. The Hall–Kier alpha value is -2.32. The minimum absolute atomic E-state index is 0.151. The van der Waals surface area contributed by atoms with Crippen LogP contribution in [0.15, 0.2) is 66.7 Å². The summed E-state index contributed by atoms with van der Waals surface area (Å²) < 4.78 is 6.07. The van der Waals surface area contributed by atoms with Crippen LogP contribution in [-0.4, -0.2) is 6.04 Å². The van der Waals surface area contributed by atoms with Crippen LogP contribution in [0.1, 0.15) is 12.5 Å². The fourth-order valence-corrected chi connectivity index (χ4v) is 2.52. The summed E-state index contributed by atoms with van der Waals surface area (Å²) in [5.41, 5.74) is 7.06. The second kappa shape index (κ2) is 5.98. The van der Waals surface area contributed by atoms with E-state index in [1.165, 1.54) is 10.9 Å². The van der Waals surface area contributed by atoms with Crippen molar-refractivity contribution in [1.82, 2.24) is 0 Å². The van der Waals surface area contributed by atoms with Crippen molar-refractivity contribution in [3.63, 3.8) is 0 Å². The number of hydrogen-bond donors (Lipinski definition) is 1. The van der Waals surface area contributed by atoms with E-state index in [0.29, 0.717) is 0 Å². The van der Waals surface area contributed by atoms with Gasteiger partial charge in [-0.3, -0.25) is 0 Å². The molecule has 3 aromatic rings. The lowest BCUT2D eigenvalue weighted by atomic mass is 10.1. The van der Waals surface area contributed by atoms with Gasteiger partial charge in [-0.2, -0.15) is 0 Å². The van der Waals surface area contributed by atoms with Gasteiger partial charge in [-0.05, 0) is 42.5 Å². The molecule has 106 valence electrons. The molecule has 0 amide bonds. The first-order chi connectivity index (χ1) is 10.2. The zero-order valence-electron chi connectivity index (χ0n) is 12.1. The molecular weight excluding hydrogens is 258 g/mol. The quantitative estimate of drug-likeness (QED) is 0.761. The molecule has 0 saturated carbocycles. The van der Waals surface area contributed by atoms with Gasteiger partial charge >= 0.3 is 0 Å². The van der Waals surface area contributed by atoms with E-state index < -0.39 is 0 Å². The van der Waals surface area contributed by atoms with Gasteiger partial charge in [0.05, 0.1) is 0 Å². The first kappa shape index (κ1) is 13.7. The number of ether oxygens (including phenoxy) is 1. The fraction of sp³-hybridized carbons (Fsp3) is 0.158. The van der Waals surface area contributed by atoms with E-state index in [2.05, 4.69) is 30.3 Å². The number of nitrogens with two attached hydrogens (primary N) is 1. The molecule has 0 aromatic heterocycles. The summed E-state index contributed by atoms with van der Waals surface area (Å²) in [4.78, 5) is 0. The summed E-state index contributed by atoms with van der Waals surface area (Å²) in [7, 11) is 0. The van der Waals surface area contributed by atoms with Crippen molar-refractivity contribution >= 4 is 10.8 Å². The van der Waals surface area contributed by atoms with Gasteiger partial charge in [0.2, 0.25) is 0 Å². The molecule has 0 aliphatic carbocycles. The van der Waals surface area contributed by atoms with E-state index in [4.69, 9.17) is 10.5 Å². The number of hydrogen-bond acceptors (Lipinski definition) is 2. The van der Waals surface area contributed by atoms with Crippen LogP contribution >= 0.6 is 0 Å². The monoisotopic (exact) mass is 277 g/mol. The molecule has 3 rings (SSSR count). The Kier molecular flexibility index (Phi) is 3.89. The Morgan fingerprint density at radius 3 is 2.57 bits per heavy atom. The first-order valence-corrected chi connectivity index (χ1v) is 7.22. The lowest BCUT2D eigenvalue weighted by Crippen LogP contribution is -2.17. The lowest BCUT2D eigenvalue weighted by Gasteiger charge is -2.11. The Morgan fingerprint density at radius 1 is 0.952 bits per heavy atom. The van der Waals surface area contributed by atoms with Crippen LogP contribution in [0.25, 0.3) is 10.8 Å². The molecule has 0 saturated heterocycles. The van der Waals surface area contributed by atoms with Gasteiger partial charge in [0, 0.05) is 11.4 Å². The molecule has 2 N–H and O–H groups in total. The molecule has 2 nitrogen and oxygen atoms in total. The minimum Gasteiger partial charge on any atom is -0.457 e. The van der Waals surface area contributed by atoms with Crippen molar-refractivity contribution in [3.8, 4) is 11.5 Å². The fourth-order valence-electron chi connectivity index (χ4n) is 2.52. The highest BCUT2D eigenvalue weighted by molar-refractivity contribution is 5.88. The Morgan fingerprint density at radius 2 is 1.71 bits per heavy atom. The van der Waals surface area contributed by atoms with Crippen molar-refractivity contribution < 1.29 is 4.74 Å². The van der Waals surface area contributed by atoms with Crippen molar-refractivity contribution in [2.75, 3.05) is 0 Å². The van der Waals surface area contributed by atoms with E-state index in [1.807, 2.05) is 43.3 Å². The molecule has 0 aliphatic rings. The maximum Gasteiger partial charge on any atom is 0.135 e. The van der Waals surface area contributed by atoms with Crippen LogP contribution in [0.4, 0.5) is 0 Å². The van der Waals surface area contributed by atoms with Gasteiger partial charge in [-0.1, -0.05) is 48.5 Å². The molecular formula is C19H19NO. The number of benzene rings is 3. The van der Waals surface area contributed by atoms with Crippen LogP contribution in [-0.2, 0) is 6.42 Å². The largest absolute Gasteiger partial charge is 0.457 e. The van der Waals surface area contributed by atoms with Crippen LogP contribution < -0.4 is 10.5 Å². The summed E-state index contributed by atoms with van der Waals surface area (Å²) in [6.45, 7) is 2.01. The minimum atomic E-state index is 0.151. The van der Waals surface area contributed by atoms with E-state index >= 15 is 0 Å². The highest BCUT2D eigenvalue weighted by Crippen LogP contribution is 2.30. The zero-order valence-corrected chi connectivity index (χ0v) is 12.1. The van der Waals surface area contributed by atoms with E-state index in [-0.39, 0.29) is 6.04 Å². The Labute approximate surface area is 125 Å². The molecule has 0 spiro atoms. The van der Waals surface area contributed by atoms with Crippen LogP contribution in [0.3, 0.4) is 0 Å². The van der Waals surface area contributed by atoms with Crippen LogP contribution in [0, 0.1) is 0 Å². The molecule has 21 heavy (non-hydrogen) atoms. The van der Waals surface area contributed by atoms with Gasteiger partial charge in [0.1, 0.15) is 11.5 Å². The molecule has 0 bridgehead atoms. The second-order valence-corrected chi connectivity index (χ2v) is 5.41.